The molecule has 1 aliphatic heterocycles. The van der Waals surface area contributed by atoms with E-state index in [1.54, 1.807) is 6.92 Å². The predicted molar refractivity (Wildman–Crippen MR) is 131 cm³/mol. The normalized spacial score (nSPS) is 13.3. The van der Waals surface area contributed by atoms with Gasteiger partial charge in [0.15, 0.2) is 0 Å². The quantitative estimate of drug-likeness (QED) is 0.382. The third kappa shape index (κ3) is 6.75. The molecule has 3 heterocycles. The van der Waals surface area contributed by atoms with Crippen molar-refractivity contribution in [3.63, 3.8) is 0 Å². The summed E-state index contributed by atoms with van der Waals surface area (Å²) in [5.41, 5.74) is 3.24. The lowest BCUT2D eigenvalue weighted by atomic mass is 10.1. The van der Waals surface area contributed by atoms with Crippen molar-refractivity contribution in [2.24, 2.45) is 0 Å². The number of fused-ring (bicyclic) bond motifs is 1. The van der Waals surface area contributed by atoms with Gasteiger partial charge in [0.05, 0.1) is 6.61 Å². The van der Waals surface area contributed by atoms with Gasteiger partial charge in [0.25, 0.3) is 5.91 Å². The van der Waals surface area contributed by atoms with Gasteiger partial charge in [0.1, 0.15) is 29.1 Å². The molecule has 0 saturated heterocycles. The van der Waals surface area contributed by atoms with Gasteiger partial charge in [0, 0.05) is 24.9 Å². The predicted octanol–water partition coefficient (Wildman–Crippen LogP) is 2.98. The molecule has 0 spiro atoms. The lowest BCUT2D eigenvalue weighted by molar-refractivity contribution is -0.139. The van der Waals surface area contributed by atoms with Crippen LogP contribution in [0.25, 0.3) is 0 Å². The van der Waals surface area contributed by atoms with E-state index in [-0.39, 0.29) is 12.1 Å². The summed E-state index contributed by atoms with van der Waals surface area (Å²) >= 11 is 0. The van der Waals surface area contributed by atoms with Gasteiger partial charge < -0.3 is 20.5 Å². The Balaban J connectivity index is 1.25. The van der Waals surface area contributed by atoms with Gasteiger partial charge in [-0.25, -0.2) is 19.7 Å². The van der Waals surface area contributed by atoms with Crippen LogP contribution in [0.5, 0.6) is 5.75 Å². The molecule has 0 bridgehead atoms. The molecule has 0 saturated carbocycles. The van der Waals surface area contributed by atoms with Crippen molar-refractivity contribution < 1.29 is 19.4 Å². The Kier molecular flexibility index (Phi) is 7.87. The van der Waals surface area contributed by atoms with Crippen molar-refractivity contribution in [1.29, 1.82) is 0 Å². The molecule has 9 nitrogen and oxygen atoms in total. The van der Waals surface area contributed by atoms with Crippen molar-refractivity contribution >= 4 is 17.7 Å². The number of carbonyl (C=O) groups excluding carboxylic acids is 1. The van der Waals surface area contributed by atoms with Gasteiger partial charge in [-0.2, -0.15) is 0 Å². The topological polar surface area (TPSA) is 126 Å². The van der Waals surface area contributed by atoms with E-state index in [9.17, 15) is 14.7 Å². The highest BCUT2D eigenvalue weighted by molar-refractivity contribution is 5.94. The molecular formula is C26H29N5O4. The number of hydrogen-bond donors (Lipinski definition) is 3. The summed E-state index contributed by atoms with van der Waals surface area (Å²) in [5, 5.41) is 15.4. The molecule has 0 fully saturated rings. The number of aryl methyl sites for hydroxylation is 3. The monoisotopic (exact) mass is 475 g/mol. The first-order valence-electron chi connectivity index (χ1n) is 11.8. The van der Waals surface area contributed by atoms with E-state index in [2.05, 4.69) is 32.7 Å². The van der Waals surface area contributed by atoms with Crippen LogP contribution in [0.1, 0.15) is 46.0 Å². The number of ether oxygens (including phenoxy) is 1. The third-order valence-electron chi connectivity index (χ3n) is 5.77. The molecule has 35 heavy (non-hydrogen) atoms. The summed E-state index contributed by atoms with van der Waals surface area (Å²) in [5.74, 6) is 0.494. The second kappa shape index (κ2) is 11.4. The fourth-order valence-corrected chi connectivity index (χ4v) is 3.92. The fraction of sp³-hybridized carbons (Fsp3) is 0.346. The van der Waals surface area contributed by atoms with Crippen LogP contribution in [0.15, 0.2) is 48.7 Å². The first-order valence-corrected chi connectivity index (χ1v) is 11.8. The average molecular weight is 476 g/mol. The zero-order valence-corrected chi connectivity index (χ0v) is 19.7. The molecule has 9 heteroatoms. The van der Waals surface area contributed by atoms with E-state index in [1.807, 2.05) is 24.3 Å². The number of nitrogens with zero attached hydrogens (tertiary/aromatic N) is 3. The summed E-state index contributed by atoms with van der Waals surface area (Å²) in [7, 11) is 0. The van der Waals surface area contributed by atoms with E-state index in [4.69, 9.17) is 9.72 Å². The fourth-order valence-electron chi connectivity index (χ4n) is 3.92. The minimum atomic E-state index is -1.12. The maximum absolute atomic E-state index is 12.4. The summed E-state index contributed by atoms with van der Waals surface area (Å²) in [6.45, 7) is 3.19. The minimum absolute atomic E-state index is 0.134. The van der Waals surface area contributed by atoms with E-state index < -0.39 is 17.9 Å². The van der Waals surface area contributed by atoms with Crippen LogP contribution in [-0.4, -0.2) is 51.1 Å². The zero-order chi connectivity index (χ0) is 24.6. The molecule has 2 aromatic heterocycles. The highest BCUT2D eigenvalue weighted by atomic mass is 16.5. The number of hydrogen-bond acceptors (Lipinski definition) is 7. The summed E-state index contributed by atoms with van der Waals surface area (Å²) in [6.07, 6.45) is 5.50. The maximum Gasteiger partial charge on any atom is 0.326 e. The molecule has 1 unspecified atom stereocenters. The highest BCUT2D eigenvalue weighted by Gasteiger charge is 2.22. The van der Waals surface area contributed by atoms with Gasteiger partial charge in [-0.15, -0.1) is 0 Å². The number of rotatable bonds is 10. The van der Waals surface area contributed by atoms with Crippen molar-refractivity contribution in [3.8, 4) is 5.75 Å². The number of nitrogens with one attached hydrogen (secondary N) is 2. The lowest BCUT2D eigenvalue weighted by Gasteiger charge is -2.17. The van der Waals surface area contributed by atoms with Gasteiger partial charge in [-0.1, -0.05) is 18.2 Å². The second-order valence-electron chi connectivity index (χ2n) is 8.49. The number of pyridine rings is 1. The van der Waals surface area contributed by atoms with Crippen LogP contribution in [-0.2, 0) is 24.1 Å². The Bertz CT molecular complexity index is 1180. The number of aromatic nitrogens is 3. The van der Waals surface area contributed by atoms with E-state index in [1.165, 1.54) is 17.8 Å². The molecule has 1 amide bonds. The summed E-state index contributed by atoms with van der Waals surface area (Å²) < 4.78 is 5.84. The lowest BCUT2D eigenvalue weighted by Crippen LogP contribution is -2.42. The van der Waals surface area contributed by atoms with Crippen LogP contribution in [0.2, 0.25) is 0 Å². The Morgan fingerprint density at radius 3 is 2.74 bits per heavy atom. The number of carboxylic acid groups (broad SMARTS) is 1. The number of amides is 1. The van der Waals surface area contributed by atoms with Gasteiger partial charge in [0.2, 0.25) is 0 Å². The van der Waals surface area contributed by atoms with Gasteiger partial charge in [-0.3, -0.25) is 4.79 Å². The van der Waals surface area contributed by atoms with E-state index in [0.717, 1.165) is 49.3 Å². The SMILES string of the molecule is Cc1nccc(C(=O)NC(Cc2ccc(OCCCc3ccc4c(n3)NCCC4)cc2)C(=O)O)n1. The Morgan fingerprint density at radius 1 is 1.14 bits per heavy atom. The molecule has 1 aliphatic rings. The molecule has 0 radical (unpaired) electrons. The zero-order valence-electron chi connectivity index (χ0n) is 19.7. The molecular weight excluding hydrogens is 446 g/mol. The molecule has 1 atom stereocenters. The number of carboxylic acids is 1. The standard InChI is InChI=1S/C26H29N5O4/c1-17-27-14-12-22(29-17)25(32)31-23(26(33)34)16-18-6-10-21(11-7-18)35-15-3-5-20-9-8-19-4-2-13-28-24(19)30-20/h6-12,14,23H,2-5,13,15-16H2,1H3,(H,28,30)(H,31,32)(H,33,34). The molecule has 182 valence electrons. The van der Waals surface area contributed by atoms with Gasteiger partial charge in [-0.05, 0) is 68.0 Å². The Morgan fingerprint density at radius 2 is 1.97 bits per heavy atom. The van der Waals surface area contributed by atoms with Crippen molar-refractivity contribution in [2.75, 3.05) is 18.5 Å². The van der Waals surface area contributed by atoms with E-state index in [0.29, 0.717) is 18.2 Å². The summed E-state index contributed by atoms with van der Waals surface area (Å²) in [6, 6.07) is 11.9. The minimum Gasteiger partial charge on any atom is -0.494 e. The first-order chi connectivity index (χ1) is 17.0. The Hall–Kier alpha value is -4.01. The van der Waals surface area contributed by atoms with Crippen molar-refractivity contribution in [1.82, 2.24) is 20.3 Å². The smallest absolute Gasteiger partial charge is 0.326 e. The van der Waals surface area contributed by atoms with Crippen molar-refractivity contribution in [3.05, 3.63) is 77.0 Å². The average Bonchev–Trinajstić information content (AvgIpc) is 2.87. The maximum atomic E-state index is 12.4. The number of benzene rings is 1. The second-order valence-corrected chi connectivity index (χ2v) is 8.49. The molecule has 0 aliphatic carbocycles. The molecule has 4 rings (SSSR count). The highest BCUT2D eigenvalue weighted by Crippen LogP contribution is 2.20. The molecule has 3 aromatic rings. The third-order valence-corrected chi connectivity index (χ3v) is 5.77. The van der Waals surface area contributed by atoms with Crippen molar-refractivity contribution in [2.45, 2.75) is 45.1 Å². The number of anilines is 1. The van der Waals surface area contributed by atoms with Crippen LogP contribution in [0.4, 0.5) is 5.82 Å². The van der Waals surface area contributed by atoms with E-state index >= 15 is 0 Å². The first kappa shape index (κ1) is 24.1. The van der Waals surface area contributed by atoms with Crippen LogP contribution < -0.4 is 15.4 Å². The van der Waals surface area contributed by atoms with Crippen LogP contribution in [0, 0.1) is 6.92 Å². The van der Waals surface area contributed by atoms with Gasteiger partial charge >= 0.3 is 5.97 Å². The summed E-state index contributed by atoms with van der Waals surface area (Å²) in [4.78, 5) is 36.8. The molecule has 1 aromatic carbocycles. The number of aliphatic carboxylic acids is 1. The molecule has 3 N–H and O–H groups in total. The van der Waals surface area contributed by atoms with Crippen LogP contribution >= 0.6 is 0 Å². The number of carbonyl (C=O) groups is 2. The Labute approximate surface area is 204 Å². The largest absolute Gasteiger partial charge is 0.494 e. The van der Waals surface area contributed by atoms with Crippen LogP contribution in [0.3, 0.4) is 0 Å².